The lowest BCUT2D eigenvalue weighted by atomic mass is 10.3. The van der Waals surface area contributed by atoms with E-state index in [1.807, 2.05) is 31.2 Å². The molecule has 1 N–H and O–H groups in total. The first-order valence-electron chi connectivity index (χ1n) is 8.19. The van der Waals surface area contributed by atoms with Crippen LogP contribution in [0.25, 0.3) is 10.2 Å². The van der Waals surface area contributed by atoms with E-state index >= 15 is 0 Å². The Morgan fingerprint density at radius 3 is 2.68 bits per heavy atom. The summed E-state index contributed by atoms with van der Waals surface area (Å²) in [7, 11) is 2.15. The van der Waals surface area contributed by atoms with Crippen LogP contribution in [0.2, 0.25) is 5.02 Å². The first kappa shape index (κ1) is 16.5. The van der Waals surface area contributed by atoms with Crippen LogP contribution < -0.4 is 10.2 Å². The van der Waals surface area contributed by atoms with Crippen LogP contribution >= 0.6 is 22.9 Å². The number of piperazine rings is 1. The Morgan fingerprint density at radius 2 is 1.88 bits per heavy atom. The Balaban J connectivity index is 1.59. The van der Waals surface area contributed by atoms with Gasteiger partial charge in [-0.2, -0.15) is 0 Å². The van der Waals surface area contributed by atoms with Gasteiger partial charge in [-0.1, -0.05) is 22.9 Å². The van der Waals surface area contributed by atoms with Crippen LogP contribution in [0.1, 0.15) is 5.82 Å². The third-order valence-electron chi connectivity index (χ3n) is 4.24. The summed E-state index contributed by atoms with van der Waals surface area (Å²) in [6, 6.07) is 7.71. The number of fused-ring (bicyclic) bond motifs is 1. The van der Waals surface area contributed by atoms with Crippen LogP contribution in [0.3, 0.4) is 0 Å². The smallest absolute Gasteiger partial charge is 0.189 e. The second-order valence-electron chi connectivity index (χ2n) is 6.20. The maximum Gasteiger partial charge on any atom is 0.189 e. The van der Waals surface area contributed by atoms with Crippen molar-refractivity contribution in [3.8, 4) is 0 Å². The Kier molecular flexibility index (Phi) is 4.45. The van der Waals surface area contributed by atoms with Gasteiger partial charge in [0.25, 0.3) is 0 Å². The highest BCUT2D eigenvalue weighted by Crippen LogP contribution is 2.30. The molecular formula is C17H19ClN6S. The maximum atomic E-state index is 6.05. The number of anilines is 3. The minimum Gasteiger partial charge on any atom is -0.354 e. The molecule has 0 amide bonds. The van der Waals surface area contributed by atoms with E-state index in [0.717, 1.165) is 64.0 Å². The Labute approximate surface area is 155 Å². The van der Waals surface area contributed by atoms with E-state index in [1.165, 1.54) is 0 Å². The summed E-state index contributed by atoms with van der Waals surface area (Å²) in [5.41, 5.74) is 0.932. The van der Waals surface area contributed by atoms with Crippen molar-refractivity contribution >= 4 is 49.9 Å². The fraction of sp³-hybridized carbons (Fsp3) is 0.353. The number of benzene rings is 1. The Hall–Kier alpha value is -1.96. The molecule has 0 unspecified atom stereocenters. The largest absolute Gasteiger partial charge is 0.354 e. The first-order valence-corrected chi connectivity index (χ1v) is 9.38. The average Bonchev–Trinajstić information content (AvgIpc) is 2.96. The Morgan fingerprint density at radius 1 is 1.08 bits per heavy atom. The van der Waals surface area contributed by atoms with Crippen LogP contribution in [-0.4, -0.2) is 53.1 Å². The lowest BCUT2D eigenvalue weighted by Gasteiger charge is -2.33. The third kappa shape index (κ3) is 3.68. The van der Waals surface area contributed by atoms with Gasteiger partial charge in [-0.3, -0.25) is 0 Å². The van der Waals surface area contributed by atoms with Crippen LogP contribution in [0.4, 0.5) is 16.8 Å². The molecule has 130 valence electrons. The maximum absolute atomic E-state index is 6.05. The number of nitrogens with zero attached hydrogens (tertiary/aromatic N) is 5. The number of nitrogens with one attached hydrogen (secondary N) is 1. The van der Waals surface area contributed by atoms with Gasteiger partial charge in [0.2, 0.25) is 0 Å². The van der Waals surface area contributed by atoms with Gasteiger partial charge in [-0.15, -0.1) is 0 Å². The molecule has 8 heteroatoms. The molecule has 4 rings (SSSR count). The van der Waals surface area contributed by atoms with Crippen molar-refractivity contribution in [2.24, 2.45) is 0 Å². The predicted octanol–water partition coefficient (Wildman–Crippen LogP) is 3.54. The van der Waals surface area contributed by atoms with E-state index in [-0.39, 0.29) is 0 Å². The first-order chi connectivity index (χ1) is 12.1. The number of hydrogen-bond acceptors (Lipinski definition) is 7. The summed E-state index contributed by atoms with van der Waals surface area (Å²) < 4.78 is 1.06. The minimum absolute atomic E-state index is 0.720. The molecule has 1 fully saturated rings. The molecule has 1 aromatic carbocycles. The fourth-order valence-corrected chi connectivity index (χ4v) is 4.02. The van der Waals surface area contributed by atoms with Crippen LogP contribution in [0.5, 0.6) is 0 Å². The van der Waals surface area contributed by atoms with Gasteiger partial charge in [0.1, 0.15) is 17.5 Å². The van der Waals surface area contributed by atoms with Crippen LogP contribution in [0, 0.1) is 6.92 Å². The second kappa shape index (κ2) is 6.74. The zero-order chi connectivity index (χ0) is 17.4. The molecule has 1 saturated heterocycles. The van der Waals surface area contributed by atoms with Crippen molar-refractivity contribution < 1.29 is 0 Å². The summed E-state index contributed by atoms with van der Waals surface area (Å²) in [4.78, 5) is 18.3. The zero-order valence-electron chi connectivity index (χ0n) is 14.2. The summed E-state index contributed by atoms with van der Waals surface area (Å²) in [5, 5.41) is 4.84. The number of hydrogen-bond donors (Lipinski definition) is 1. The van der Waals surface area contributed by atoms with Crippen molar-refractivity contribution in [2.45, 2.75) is 6.92 Å². The Bertz CT molecular complexity index is 903. The average molecular weight is 375 g/mol. The molecule has 0 radical (unpaired) electrons. The quantitative estimate of drug-likeness (QED) is 0.756. The van der Waals surface area contributed by atoms with Gasteiger partial charge < -0.3 is 15.1 Å². The molecule has 3 aromatic rings. The molecule has 2 aromatic heterocycles. The molecule has 1 aliphatic rings. The van der Waals surface area contributed by atoms with E-state index in [2.05, 4.69) is 37.1 Å². The molecule has 1 aliphatic heterocycles. The van der Waals surface area contributed by atoms with Gasteiger partial charge in [0, 0.05) is 37.3 Å². The number of aromatic nitrogens is 3. The van der Waals surface area contributed by atoms with Crippen molar-refractivity contribution in [1.29, 1.82) is 0 Å². The molecule has 25 heavy (non-hydrogen) atoms. The molecule has 0 atom stereocenters. The van der Waals surface area contributed by atoms with Gasteiger partial charge in [-0.05, 0) is 32.2 Å². The normalized spacial score (nSPS) is 15.7. The van der Waals surface area contributed by atoms with Gasteiger partial charge in [-0.25, -0.2) is 15.0 Å². The highest BCUT2D eigenvalue weighted by atomic mass is 35.5. The zero-order valence-corrected chi connectivity index (χ0v) is 15.7. The summed E-state index contributed by atoms with van der Waals surface area (Å²) in [6.45, 7) is 5.97. The standard InChI is InChI=1S/C17H19ClN6S/c1-11-19-15(10-16(20-11)24-7-5-23(2)6-8-24)22-17-21-13-4-3-12(18)9-14(13)25-17/h3-4,9-10H,5-8H2,1-2H3,(H,19,20,21,22). The SMILES string of the molecule is Cc1nc(Nc2nc3ccc(Cl)cc3s2)cc(N2CCN(C)CC2)n1. The minimum atomic E-state index is 0.720. The van der Waals surface area contributed by atoms with E-state index in [4.69, 9.17) is 11.6 Å². The highest BCUT2D eigenvalue weighted by Gasteiger charge is 2.17. The number of thiazole rings is 1. The second-order valence-corrected chi connectivity index (χ2v) is 7.67. The molecule has 0 bridgehead atoms. The van der Waals surface area contributed by atoms with E-state index in [0.29, 0.717) is 0 Å². The van der Waals surface area contributed by atoms with Crippen molar-refractivity contribution in [1.82, 2.24) is 19.9 Å². The number of rotatable bonds is 3. The molecule has 0 aliphatic carbocycles. The van der Waals surface area contributed by atoms with Crippen molar-refractivity contribution in [3.05, 3.63) is 35.1 Å². The number of likely N-dealkylation sites (N-methyl/N-ethyl adjacent to an activating group) is 1. The summed E-state index contributed by atoms with van der Waals surface area (Å²) in [6.07, 6.45) is 0. The van der Waals surface area contributed by atoms with Gasteiger partial charge in [0.15, 0.2) is 5.13 Å². The third-order valence-corrected chi connectivity index (χ3v) is 5.41. The molecule has 3 heterocycles. The van der Waals surface area contributed by atoms with E-state index in [1.54, 1.807) is 11.3 Å². The number of aryl methyl sites for hydroxylation is 1. The van der Waals surface area contributed by atoms with Gasteiger partial charge in [0.05, 0.1) is 10.2 Å². The van der Waals surface area contributed by atoms with E-state index < -0.39 is 0 Å². The monoisotopic (exact) mass is 374 g/mol. The van der Waals surface area contributed by atoms with Crippen LogP contribution in [0.15, 0.2) is 24.3 Å². The molecular weight excluding hydrogens is 356 g/mol. The van der Waals surface area contributed by atoms with Crippen molar-refractivity contribution in [2.75, 3.05) is 43.4 Å². The highest BCUT2D eigenvalue weighted by molar-refractivity contribution is 7.22. The number of halogens is 1. The predicted molar refractivity (Wildman–Crippen MR) is 104 cm³/mol. The summed E-state index contributed by atoms with van der Waals surface area (Å²) in [5.74, 6) is 2.49. The summed E-state index contributed by atoms with van der Waals surface area (Å²) >= 11 is 7.62. The molecule has 6 nitrogen and oxygen atoms in total. The fourth-order valence-electron chi connectivity index (χ4n) is 2.87. The van der Waals surface area contributed by atoms with Crippen molar-refractivity contribution in [3.63, 3.8) is 0 Å². The van der Waals surface area contributed by atoms with Crippen LogP contribution in [-0.2, 0) is 0 Å². The molecule has 0 spiro atoms. The lowest BCUT2D eigenvalue weighted by Crippen LogP contribution is -2.44. The topological polar surface area (TPSA) is 57.2 Å². The molecule has 0 saturated carbocycles. The lowest BCUT2D eigenvalue weighted by molar-refractivity contribution is 0.312. The van der Waals surface area contributed by atoms with E-state index in [9.17, 15) is 0 Å². The van der Waals surface area contributed by atoms with Gasteiger partial charge >= 0.3 is 0 Å².